The van der Waals surface area contributed by atoms with E-state index in [1.54, 1.807) is 0 Å². The van der Waals surface area contributed by atoms with Crippen molar-refractivity contribution in [3.05, 3.63) is 29.0 Å². The highest BCUT2D eigenvalue weighted by Gasteiger charge is 2.60. The number of rotatable bonds is 2. The summed E-state index contributed by atoms with van der Waals surface area (Å²) in [5.74, 6) is 0.526. The predicted octanol–water partition coefficient (Wildman–Crippen LogP) is 5.00. The summed E-state index contributed by atoms with van der Waals surface area (Å²) in [7, 11) is 0. The average molecular weight is 342 g/mol. The molecule has 2 nitrogen and oxygen atoms in total. The molecule has 5 rings (SSSR count). The number of nitrogens with one attached hydrogen (secondary N) is 1. The standard InChI is InChI=1S/C17H18Cl2FNO/c18-12-1-2-13(20)14(4-12)21-15(22)16-5-10-3-11(6-16)8-17(19,7-10)9-16/h1-2,4,10-11H,3,5-9H2,(H,21,22)/t10-,11+,16?,17?. The summed E-state index contributed by atoms with van der Waals surface area (Å²) in [5.41, 5.74) is -0.266. The van der Waals surface area contributed by atoms with E-state index < -0.39 is 11.2 Å². The summed E-state index contributed by atoms with van der Waals surface area (Å²) in [6, 6.07) is 4.22. The maximum atomic E-state index is 13.9. The molecule has 118 valence electrons. The molecular weight excluding hydrogens is 324 g/mol. The van der Waals surface area contributed by atoms with Crippen molar-refractivity contribution in [2.45, 2.75) is 43.4 Å². The monoisotopic (exact) mass is 341 g/mol. The third-order valence-electron chi connectivity index (χ3n) is 5.65. The van der Waals surface area contributed by atoms with Gasteiger partial charge in [-0.1, -0.05) is 11.6 Å². The SMILES string of the molecule is O=C(Nc1cc(Cl)ccc1F)C12C[C@@H]3C[C@@H](CC(Cl)(C3)C1)C2. The van der Waals surface area contributed by atoms with Gasteiger partial charge >= 0.3 is 0 Å². The third kappa shape index (κ3) is 2.33. The molecule has 0 aliphatic heterocycles. The van der Waals surface area contributed by atoms with E-state index >= 15 is 0 Å². The molecule has 22 heavy (non-hydrogen) atoms. The summed E-state index contributed by atoms with van der Waals surface area (Å²) in [6.45, 7) is 0. The fourth-order valence-corrected chi connectivity index (χ4v) is 6.13. The highest BCUT2D eigenvalue weighted by Crippen LogP contribution is 2.64. The van der Waals surface area contributed by atoms with Gasteiger partial charge in [0.05, 0.1) is 11.1 Å². The van der Waals surface area contributed by atoms with Crippen LogP contribution >= 0.6 is 23.2 Å². The van der Waals surface area contributed by atoms with Crippen LogP contribution in [0.25, 0.3) is 0 Å². The zero-order valence-electron chi connectivity index (χ0n) is 12.2. The number of anilines is 1. The van der Waals surface area contributed by atoms with Gasteiger partial charge in [-0.25, -0.2) is 4.39 Å². The van der Waals surface area contributed by atoms with Gasteiger partial charge in [-0.15, -0.1) is 11.6 Å². The molecule has 4 aliphatic rings. The normalized spacial score (nSPS) is 39.0. The zero-order chi connectivity index (χ0) is 15.5. The van der Waals surface area contributed by atoms with Crippen molar-refractivity contribution in [1.29, 1.82) is 0 Å². The van der Waals surface area contributed by atoms with Crippen molar-refractivity contribution in [3.63, 3.8) is 0 Å². The van der Waals surface area contributed by atoms with Crippen LogP contribution in [0.5, 0.6) is 0 Å². The fraction of sp³-hybridized carbons (Fsp3) is 0.588. The van der Waals surface area contributed by atoms with Crippen LogP contribution in [0, 0.1) is 23.1 Å². The second-order valence-corrected chi connectivity index (χ2v) is 8.71. The van der Waals surface area contributed by atoms with Gasteiger partial charge in [0.1, 0.15) is 5.82 Å². The van der Waals surface area contributed by atoms with Gasteiger partial charge in [-0.3, -0.25) is 4.79 Å². The first-order valence-electron chi connectivity index (χ1n) is 7.83. The van der Waals surface area contributed by atoms with Crippen molar-refractivity contribution in [2.24, 2.45) is 17.3 Å². The van der Waals surface area contributed by atoms with Crippen molar-refractivity contribution < 1.29 is 9.18 Å². The molecule has 4 bridgehead atoms. The zero-order valence-corrected chi connectivity index (χ0v) is 13.7. The number of amides is 1. The predicted molar refractivity (Wildman–Crippen MR) is 85.7 cm³/mol. The van der Waals surface area contributed by atoms with Crippen LogP contribution in [0.4, 0.5) is 10.1 Å². The topological polar surface area (TPSA) is 29.1 Å². The Morgan fingerprint density at radius 3 is 2.55 bits per heavy atom. The Bertz CT molecular complexity index is 634. The van der Waals surface area contributed by atoms with Gasteiger partial charge < -0.3 is 5.32 Å². The first-order chi connectivity index (χ1) is 10.4. The third-order valence-corrected chi connectivity index (χ3v) is 6.33. The first-order valence-corrected chi connectivity index (χ1v) is 8.59. The minimum atomic E-state index is -0.455. The van der Waals surface area contributed by atoms with Gasteiger partial charge in [0.2, 0.25) is 5.91 Å². The first kappa shape index (κ1) is 14.8. The lowest BCUT2D eigenvalue weighted by Gasteiger charge is -2.59. The number of alkyl halides is 1. The Kier molecular flexibility index (Phi) is 3.25. The molecule has 4 saturated carbocycles. The molecule has 1 aromatic rings. The second-order valence-electron chi connectivity index (χ2n) is 7.47. The summed E-state index contributed by atoms with van der Waals surface area (Å²) in [6.07, 6.45) is 5.70. The van der Waals surface area contributed by atoms with E-state index in [0.717, 1.165) is 25.7 Å². The molecule has 0 saturated heterocycles. The van der Waals surface area contributed by atoms with E-state index in [0.29, 0.717) is 23.3 Å². The van der Waals surface area contributed by atoms with Crippen molar-refractivity contribution >= 4 is 34.8 Å². The van der Waals surface area contributed by atoms with E-state index in [4.69, 9.17) is 23.2 Å². The molecule has 2 unspecified atom stereocenters. The maximum Gasteiger partial charge on any atom is 0.230 e. The Hall–Kier alpha value is -0.800. The van der Waals surface area contributed by atoms with Gasteiger partial charge in [0.25, 0.3) is 0 Å². The van der Waals surface area contributed by atoms with E-state index in [1.807, 2.05) is 0 Å². The molecule has 0 spiro atoms. The largest absolute Gasteiger partial charge is 0.323 e. The van der Waals surface area contributed by atoms with E-state index in [2.05, 4.69) is 5.32 Å². The lowest BCUT2D eigenvalue weighted by atomic mass is 9.49. The Balaban J connectivity index is 1.61. The quantitative estimate of drug-likeness (QED) is 0.754. The van der Waals surface area contributed by atoms with Crippen molar-refractivity contribution in [1.82, 2.24) is 0 Å². The molecule has 0 heterocycles. The van der Waals surface area contributed by atoms with Crippen LogP contribution in [0.2, 0.25) is 5.02 Å². The summed E-state index contributed by atoms with van der Waals surface area (Å²) < 4.78 is 13.9. The fourth-order valence-electron chi connectivity index (χ4n) is 5.26. The summed E-state index contributed by atoms with van der Waals surface area (Å²) >= 11 is 12.7. The van der Waals surface area contributed by atoms with Gasteiger partial charge in [-0.05, 0) is 68.6 Å². The molecule has 0 aromatic heterocycles. The Morgan fingerprint density at radius 1 is 1.23 bits per heavy atom. The molecule has 4 atom stereocenters. The molecule has 4 fully saturated rings. The number of carbonyl (C=O) groups excluding carboxylic acids is 1. The second kappa shape index (κ2) is 4.85. The number of benzene rings is 1. The minimum Gasteiger partial charge on any atom is -0.323 e. The van der Waals surface area contributed by atoms with E-state index in [9.17, 15) is 9.18 Å². The molecule has 0 radical (unpaired) electrons. The van der Waals surface area contributed by atoms with Gasteiger partial charge in [-0.2, -0.15) is 0 Å². The van der Waals surface area contributed by atoms with Crippen LogP contribution in [0.15, 0.2) is 18.2 Å². The average Bonchev–Trinajstić information content (AvgIpc) is 2.40. The van der Waals surface area contributed by atoms with E-state index in [-0.39, 0.29) is 16.5 Å². The van der Waals surface area contributed by atoms with Crippen LogP contribution < -0.4 is 5.32 Å². The van der Waals surface area contributed by atoms with Crippen molar-refractivity contribution in [2.75, 3.05) is 5.32 Å². The lowest BCUT2D eigenvalue weighted by Crippen LogP contribution is -2.57. The van der Waals surface area contributed by atoms with Gasteiger partial charge in [0.15, 0.2) is 0 Å². The number of carbonyl (C=O) groups is 1. The van der Waals surface area contributed by atoms with Crippen molar-refractivity contribution in [3.8, 4) is 0 Å². The summed E-state index contributed by atoms with van der Waals surface area (Å²) in [4.78, 5) is 12.7. The number of hydrogen-bond acceptors (Lipinski definition) is 1. The molecule has 4 aliphatic carbocycles. The molecule has 5 heteroatoms. The lowest BCUT2D eigenvalue weighted by molar-refractivity contribution is -0.138. The van der Waals surface area contributed by atoms with Crippen LogP contribution in [-0.2, 0) is 4.79 Å². The minimum absolute atomic E-state index is 0.0900. The molecule has 1 amide bonds. The summed E-state index contributed by atoms with van der Waals surface area (Å²) in [5, 5.41) is 3.18. The highest BCUT2D eigenvalue weighted by atomic mass is 35.5. The highest BCUT2D eigenvalue weighted by molar-refractivity contribution is 6.31. The smallest absolute Gasteiger partial charge is 0.230 e. The molecular formula is C17H18Cl2FNO. The van der Waals surface area contributed by atoms with Crippen LogP contribution in [0.3, 0.4) is 0 Å². The van der Waals surface area contributed by atoms with Gasteiger partial charge in [0, 0.05) is 9.90 Å². The Labute approximate surface area is 139 Å². The number of halogens is 3. The van der Waals surface area contributed by atoms with Crippen LogP contribution in [-0.4, -0.2) is 10.8 Å². The molecule has 1 N–H and O–H groups in total. The Morgan fingerprint density at radius 2 is 1.91 bits per heavy atom. The van der Waals surface area contributed by atoms with Crippen LogP contribution in [0.1, 0.15) is 38.5 Å². The molecule has 1 aromatic carbocycles. The van der Waals surface area contributed by atoms with E-state index in [1.165, 1.54) is 24.6 Å². The number of hydrogen-bond donors (Lipinski definition) is 1. The maximum absolute atomic E-state index is 13.9.